The Hall–Kier alpha value is -1.12. The highest BCUT2D eigenvalue weighted by atomic mass is 35.5. The van der Waals surface area contributed by atoms with Crippen LogP contribution < -0.4 is 10.9 Å². The molecule has 0 aliphatic heterocycles. The Bertz CT molecular complexity index is 493. The maximum Gasteiger partial charge on any atom is 0.287 e. The molecule has 0 aliphatic rings. The van der Waals surface area contributed by atoms with E-state index in [-0.39, 0.29) is 16.6 Å². The number of nitrogens with one attached hydrogen (secondary N) is 1. The molecular weight excluding hydrogens is 270 g/mol. The van der Waals surface area contributed by atoms with E-state index in [2.05, 4.69) is 16.3 Å². The smallest absolute Gasteiger partial charge is 0.287 e. The Morgan fingerprint density at radius 2 is 2.39 bits per heavy atom. The van der Waals surface area contributed by atoms with Crippen molar-refractivity contribution in [1.82, 2.24) is 9.78 Å². The van der Waals surface area contributed by atoms with Gasteiger partial charge in [0.2, 0.25) is 0 Å². The van der Waals surface area contributed by atoms with E-state index in [9.17, 15) is 4.79 Å². The van der Waals surface area contributed by atoms with Crippen LogP contribution in [0, 0.1) is 12.3 Å². The van der Waals surface area contributed by atoms with Gasteiger partial charge in [0.25, 0.3) is 5.56 Å². The van der Waals surface area contributed by atoms with Crippen molar-refractivity contribution < 1.29 is 0 Å². The monoisotopic (exact) mass is 285 g/mol. The highest BCUT2D eigenvalue weighted by molar-refractivity contribution is 7.99. The third-order valence-corrected chi connectivity index (χ3v) is 3.41. The van der Waals surface area contributed by atoms with Crippen molar-refractivity contribution in [3.05, 3.63) is 21.6 Å². The van der Waals surface area contributed by atoms with Crippen LogP contribution in [0.15, 0.2) is 11.0 Å². The zero-order valence-electron chi connectivity index (χ0n) is 10.4. The fourth-order valence-electron chi connectivity index (χ4n) is 1.32. The lowest BCUT2D eigenvalue weighted by Crippen LogP contribution is -2.26. The molecule has 0 unspecified atom stereocenters. The maximum absolute atomic E-state index is 11.9. The quantitative estimate of drug-likeness (QED) is 0.643. The number of halogens is 1. The Morgan fingerprint density at radius 3 is 3.00 bits per heavy atom. The van der Waals surface area contributed by atoms with Gasteiger partial charge < -0.3 is 5.32 Å². The summed E-state index contributed by atoms with van der Waals surface area (Å²) in [6.45, 7) is 4.46. The summed E-state index contributed by atoms with van der Waals surface area (Å²) in [5.74, 6) is 4.09. The molecule has 4 nitrogen and oxygen atoms in total. The molecule has 1 rings (SSSR count). The standard InChI is InChI=1S/C12H16ClN3OS/c1-4-6-18-7-5-14-10-8-15-16(9(2)3)12(17)11(10)13/h1,8-9,14H,5-7H2,2-3H3. The van der Waals surface area contributed by atoms with Crippen molar-refractivity contribution in [1.29, 1.82) is 0 Å². The summed E-state index contributed by atoms with van der Waals surface area (Å²) in [7, 11) is 0. The zero-order valence-corrected chi connectivity index (χ0v) is 12.0. The number of rotatable bonds is 6. The summed E-state index contributed by atoms with van der Waals surface area (Å²) >= 11 is 7.65. The average molecular weight is 286 g/mol. The second kappa shape index (κ2) is 7.34. The van der Waals surface area contributed by atoms with Gasteiger partial charge in [-0.2, -0.15) is 5.10 Å². The van der Waals surface area contributed by atoms with Gasteiger partial charge in [-0.05, 0) is 13.8 Å². The van der Waals surface area contributed by atoms with Crippen molar-refractivity contribution in [3.63, 3.8) is 0 Å². The highest BCUT2D eigenvalue weighted by Crippen LogP contribution is 2.16. The first-order valence-corrected chi connectivity index (χ1v) is 7.13. The molecule has 0 amide bonds. The molecule has 0 fully saturated rings. The SMILES string of the molecule is C#CCSCCNc1cnn(C(C)C)c(=O)c1Cl. The van der Waals surface area contributed by atoms with Gasteiger partial charge in [0.05, 0.1) is 23.7 Å². The average Bonchev–Trinajstić information content (AvgIpc) is 2.33. The summed E-state index contributed by atoms with van der Waals surface area (Å²) in [4.78, 5) is 11.9. The molecule has 0 aromatic carbocycles. The van der Waals surface area contributed by atoms with Gasteiger partial charge in [0.15, 0.2) is 0 Å². The van der Waals surface area contributed by atoms with Crippen LogP contribution in [-0.4, -0.2) is 27.8 Å². The van der Waals surface area contributed by atoms with Gasteiger partial charge in [-0.1, -0.05) is 17.5 Å². The maximum atomic E-state index is 11.9. The van der Waals surface area contributed by atoms with Gasteiger partial charge in [0.1, 0.15) is 5.02 Å². The fourth-order valence-corrected chi connectivity index (χ4v) is 2.04. The summed E-state index contributed by atoms with van der Waals surface area (Å²) in [5.41, 5.74) is 0.299. The summed E-state index contributed by atoms with van der Waals surface area (Å²) < 4.78 is 1.36. The van der Waals surface area contributed by atoms with Crippen molar-refractivity contribution >= 4 is 29.1 Å². The number of nitrogens with zero attached hydrogens (tertiary/aromatic N) is 2. The van der Waals surface area contributed by atoms with Crippen LogP contribution in [0.4, 0.5) is 5.69 Å². The first-order chi connectivity index (χ1) is 8.57. The fraction of sp³-hybridized carbons (Fsp3) is 0.500. The van der Waals surface area contributed by atoms with Crippen LogP contribution in [0.5, 0.6) is 0 Å². The van der Waals surface area contributed by atoms with Crippen LogP contribution in [-0.2, 0) is 0 Å². The number of hydrogen-bond donors (Lipinski definition) is 1. The van der Waals surface area contributed by atoms with Crippen molar-refractivity contribution in [2.45, 2.75) is 19.9 Å². The first kappa shape index (κ1) is 14.9. The highest BCUT2D eigenvalue weighted by Gasteiger charge is 2.10. The molecule has 0 atom stereocenters. The molecule has 0 aliphatic carbocycles. The number of aromatic nitrogens is 2. The van der Waals surface area contributed by atoms with Gasteiger partial charge in [-0.3, -0.25) is 4.79 Å². The van der Waals surface area contributed by atoms with Crippen LogP contribution >= 0.6 is 23.4 Å². The number of hydrogen-bond acceptors (Lipinski definition) is 4. The Kier molecular flexibility index (Phi) is 6.10. The molecule has 0 bridgehead atoms. The van der Waals surface area contributed by atoms with Gasteiger partial charge in [0, 0.05) is 12.3 Å². The van der Waals surface area contributed by atoms with Gasteiger partial charge in [-0.25, -0.2) is 4.68 Å². The topological polar surface area (TPSA) is 46.9 Å². The molecule has 1 N–H and O–H groups in total. The second-order valence-electron chi connectivity index (χ2n) is 3.90. The van der Waals surface area contributed by atoms with Crippen molar-refractivity contribution in [2.24, 2.45) is 0 Å². The molecule has 0 saturated heterocycles. The number of anilines is 1. The summed E-state index contributed by atoms with van der Waals surface area (Å²) in [5, 5.41) is 7.33. The molecule has 1 aromatic heterocycles. The van der Waals surface area contributed by atoms with E-state index in [4.69, 9.17) is 18.0 Å². The van der Waals surface area contributed by atoms with Crippen LogP contribution in [0.3, 0.4) is 0 Å². The van der Waals surface area contributed by atoms with E-state index >= 15 is 0 Å². The predicted octanol–water partition coefficient (Wildman–Crippen LogP) is 2.26. The van der Waals surface area contributed by atoms with Gasteiger partial charge in [-0.15, -0.1) is 18.2 Å². The Labute approximate surface area is 116 Å². The first-order valence-electron chi connectivity index (χ1n) is 5.60. The van der Waals surface area contributed by atoms with Crippen LogP contribution in [0.25, 0.3) is 0 Å². The number of terminal acetylenes is 1. The molecule has 1 aromatic rings. The van der Waals surface area contributed by atoms with E-state index in [0.717, 1.165) is 5.75 Å². The third-order valence-electron chi connectivity index (χ3n) is 2.18. The minimum Gasteiger partial charge on any atom is -0.382 e. The normalized spacial score (nSPS) is 10.4. The van der Waals surface area contributed by atoms with E-state index in [1.807, 2.05) is 13.8 Å². The largest absolute Gasteiger partial charge is 0.382 e. The molecule has 18 heavy (non-hydrogen) atoms. The van der Waals surface area contributed by atoms with Crippen molar-refractivity contribution in [3.8, 4) is 12.3 Å². The van der Waals surface area contributed by atoms with Crippen molar-refractivity contribution in [2.75, 3.05) is 23.4 Å². The van der Waals surface area contributed by atoms with E-state index < -0.39 is 0 Å². The molecule has 0 saturated carbocycles. The van der Waals surface area contributed by atoms with E-state index in [1.165, 1.54) is 4.68 Å². The lowest BCUT2D eigenvalue weighted by atomic mass is 10.4. The minimum absolute atomic E-state index is 0.00441. The third kappa shape index (κ3) is 3.97. The number of thioether (sulfide) groups is 1. The molecule has 1 heterocycles. The summed E-state index contributed by atoms with van der Waals surface area (Å²) in [6.07, 6.45) is 6.72. The Morgan fingerprint density at radius 1 is 1.67 bits per heavy atom. The van der Waals surface area contributed by atoms with E-state index in [1.54, 1.807) is 18.0 Å². The van der Waals surface area contributed by atoms with E-state index in [0.29, 0.717) is 18.0 Å². The molecule has 0 spiro atoms. The lowest BCUT2D eigenvalue weighted by molar-refractivity contribution is 0.503. The molecule has 98 valence electrons. The second-order valence-corrected chi connectivity index (χ2v) is 5.38. The van der Waals surface area contributed by atoms with Gasteiger partial charge >= 0.3 is 0 Å². The summed E-state index contributed by atoms with van der Waals surface area (Å²) in [6, 6.07) is -0.00441. The lowest BCUT2D eigenvalue weighted by Gasteiger charge is -2.11. The Balaban J connectivity index is 2.66. The molecule has 0 radical (unpaired) electrons. The molecule has 6 heteroatoms. The predicted molar refractivity (Wildman–Crippen MR) is 78.5 cm³/mol. The molecular formula is C12H16ClN3OS. The van der Waals surface area contributed by atoms with Crippen LogP contribution in [0.1, 0.15) is 19.9 Å². The minimum atomic E-state index is -0.270. The van der Waals surface area contributed by atoms with Crippen LogP contribution in [0.2, 0.25) is 5.02 Å². The zero-order chi connectivity index (χ0) is 13.5.